The van der Waals surface area contributed by atoms with Gasteiger partial charge in [0.15, 0.2) is 0 Å². The molecule has 1 aliphatic heterocycles. The molecule has 1 aliphatic carbocycles. The first-order valence-corrected chi connectivity index (χ1v) is 7.51. The summed E-state index contributed by atoms with van der Waals surface area (Å²) in [6.07, 6.45) is 5.41. The molecule has 3 rings (SSSR count). The van der Waals surface area contributed by atoms with Crippen LogP contribution in [0.1, 0.15) is 25.7 Å². The van der Waals surface area contributed by atoms with Gasteiger partial charge in [0, 0.05) is 50.6 Å². The van der Waals surface area contributed by atoms with E-state index in [0.717, 1.165) is 12.6 Å². The van der Waals surface area contributed by atoms with Gasteiger partial charge >= 0.3 is 0 Å². The van der Waals surface area contributed by atoms with E-state index in [1.807, 2.05) is 0 Å². The van der Waals surface area contributed by atoms with Crippen LogP contribution in [-0.2, 0) is 0 Å². The molecule has 0 aromatic heterocycles. The van der Waals surface area contributed by atoms with Crippen LogP contribution < -0.4 is 15.1 Å². The lowest BCUT2D eigenvalue weighted by atomic mass is 10.0. The lowest BCUT2D eigenvalue weighted by molar-refractivity contribution is 0.420. The zero-order valence-corrected chi connectivity index (χ0v) is 12.1. The average molecular weight is 259 g/mol. The first-order valence-electron chi connectivity index (χ1n) is 7.51. The Balaban J connectivity index is 1.63. The van der Waals surface area contributed by atoms with E-state index in [-0.39, 0.29) is 0 Å². The maximum absolute atomic E-state index is 3.77. The Hall–Kier alpha value is -1.22. The van der Waals surface area contributed by atoms with E-state index in [4.69, 9.17) is 0 Å². The van der Waals surface area contributed by atoms with Crippen LogP contribution >= 0.6 is 0 Å². The molecule has 2 aliphatic rings. The smallest absolute Gasteiger partial charge is 0.0368 e. The van der Waals surface area contributed by atoms with Gasteiger partial charge in [-0.3, -0.25) is 0 Å². The van der Waals surface area contributed by atoms with Crippen LogP contribution in [0.15, 0.2) is 24.3 Å². The van der Waals surface area contributed by atoms with Crippen molar-refractivity contribution >= 4 is 11.4 Å². The molecule has 19 heavy (non-hydrogen) atoms. The zero-order valence-electron chi connectivity index (χ0n) is 12.1. The van der Waals surface area contributed by atoms with Crippen molar-refractivity contribution in [1.82, 2.24) is 5.32 Å². The predicted octanol–water partition coefficient (Wildman–Crippen LogP) is 2.47. The van der Waals surface area contributed by atoms with E-state index in [1.54, 1.807) is 0 Å². The van der Waals surface area contributed by atoms with Crippen molar-refractivity contribution in [2.45, 2.75) is 37.8 Å². The van der Waals surface area contributed by atoms with E-state index in [0.29, 0.717) is 6.04 Å². The van der Waals surface area contributed by atoms with Crippen LogP contribution in [0.5, 0.6) is 0 Å². The van der Waals surface area contributed by atoms with Crippen molar-refractivity contribution in [3.05, 3.63) is 24.3 Å². The van der Waals surface area contributed by atoms with Crippen molar-refractivity contribution in [3.63, 3.8) is 0 Å². The Morgan fingerprint density at radius 1 is 1.05 bits per heavy atom. The summed E-state index contributed by atoms with van der Waals surface area (Å²) < 4.78 is 0. The number of nitrogens with zero attached hydrogens (tertiary/aromatic N) is 2. The molecule has 0 spiro atoms. The quantitative estimate of drug-likeness (QED) is 0.896. The molecule has 1 saturated carbocycles. The molecule has 3 heteroatoms. The normalized spacial score (nSPS) is 23.5. The summed E-state index contributed by atoms with van der Waals surface area (Å²) in [5.41, 5.74) is 2.64. The standard InChI is InChI=1S/C16H25N3/c1-18(2)15-7-9-16(10-8-15)19-11-3-4-14(12-19)17-13-5-6-13/h7-10,13-14,17H,3-6,11-12H2,1-2H3. The number of piperidine rings is 1. The highest BCUT2D eigenvalue weighted by atomic mass is 15.2. The highest BCUT2D eigenvalue weighted by Gasteiger charge is 2.27. The van der Waals surface area contributed by atoms with Crippen molar-refractivity contribution in [2.75, 3.05) is 37.0 Å². The first kappa shape index (κ1) is 12.8. The fourth-order valence-corrected chi connectivity index (χ4v) is 2.89. The van der Waals surface area contributed by atoms with Crippen molar-refractivity contribution < 1.29 is 0 Å². The van der Waals surface area contributed by atoms with Gasteiger partial charge in [-0.2, -0.15) is 0 Å². The van der Waals surface area contributed by atoms with Crippen molar-refractivity contribution in [1.29, 1.82) is 0 Å². The second-order valence-electron chi connectivity index (χ2n) is 6.14. The van der Waals surface area contributed by atoms with E-state index >= 15 is 0 Å². The number of rotatable bonds is 4. The third-order valence-corrected chi connectivity index (χ3v) is 4.20. The van der Waals surface area contributed by atoms with E-state index in [2.05, 4.69) is 53.5 Å². The zero-order chi connectivity index (χ0) is 13.2. The third kappa shape index (κ3) is 3.21. The van der Waals surface area contributed by atoms with E-state index in [9.17, 15) is 0 Å². The second kappa shape index (κ2) is 5.41. The minimum Gasteiger partial charge on any atom is -0.378 e. The summed E-state index contributed by atoms with van der Waals surface area (Å²) in [6, 6.07) is 10.5. The van der Waals surface area contributed by atoms with Crippen molar-refractivity contribution in [3.8, 4) is 0 Å². The minimum absolute atomic E-state index is 0.690. The Morgan fingerprint density at radius 3 is 2.42 bits per heavy atom. The van der Waals surface area contributed by atoms with Gasteiger partial charge in [-0.1, -0.05) is 0 Å². The van der Waals surface area contributed by atoms with E-state index < -0.39 is 0 Å². The molecule has 1 atom stereocenters. The number of anilines is 2. The highest BCUT2D eigenvalue weighted by molar-refractivity contribution is 5.56. The minimum atomic E-state index is 0.690. The first-order chi connectivity index (χ1) is 9.22. The van der Waals surface area contributed by atoms with Gasteiger partial charge in [-0.25, -0.2) is 0 Å². The molecular weight excluding hydrogens is 234 g/mol. The van der Waals surface area contributed by atoms with Crippen LogP contribution in [0.25, 0.3) is 0 Å². The Morgan fingerprint density at radius 2 is 1.79 bits per heavy atom. The Labute approximate surface area is 116 Å². The SMILES string of the molecule is CN(C)c1ccc(N2CCCC(NC3CC3)C2)cc1. The van der Waals surface area contributed by atoms with Gasteiger partial charge in [-0.05, 0) is 49.9 Å². The molecule has 1 aromatic rings. The number of benzene rings is 1. The molecule has 1 saturated heterocycles. The monoisotopic (exact) mass is 259 g/mol. The lowest BCUT2D eigenvalue weighted by Crippen LogP contribution is -2.46. The molecular formula is C16H25N3. The van der Waals surface area contributed by atoms with Crippen LogP contribution in [0.4, 0.5) is 11.4 Å². The van der Waals surface area contributed by atoms with E-state index in [1.165, 1.54) is 43.6 Å². The number of hydrogen-bond donors (Lipinski definition) is 1. The molecule has 104 valence electrons. The summed E-state index contributed by atoms with van der Waals surface area (Å²) in [7, 11) is 4.18. The maximum Gasteiger partial charge on any atom is 0.0368 e. The van der Waals surface area contributed by atoms with Gasteiger partial charge in [-0.15, -0.1) is 0 Å². The largest absolute Gasteiger partial charge is 0.378 e. The highest BCUT2D eigenvalue weighted by Crippen LogP contribution is 2.25. The Bertz CT molecular complexity index is 409. The molecule has 0 amide bonds. The van der Waals surface area contributed by atoms with Crippen LogP contribution in [0.2, 0.25) is 0 Å². The van der Waals surface area contributed by atoms with Crippen LogP contribution in [-0.4, -0.2) is 39.3 Å². The van der Waals surface area contributed by atoms with Gasteiger partial charge in [0.05, 0.1) is 0 Å². The van der Waals surface area contributed by atoms with Crippen molar-refractivity contribution in [2.24, 2.45) is 0 Å². The fraction of sp³-hybridized carbons (Fsp3) is 0.625. The summed E-state index contributed by atoms with van der Waals surface area (Å²) in [5.74, 6) is 0. The number of nitrogens with one attached hydrogen (secondary N) is 1. The molecule has 0 bridgehead atoms. The van der Waals surface area contributed by atoms with Gasteiger partial charge < -0.3 is 15.1 Å². The molecule has 3 nitrogen and oxygen atoms in total. The summed E-state index contributed by atoms with van der Waals surface area (Å²) in [5, 5.41) is 3.77. The third-order valence-electron chi connectivity index (χ3n) is 4.20. The summed E-state index contributed by atoms with van der Waals surface area (Å²) in [4.78, 5) is 4.68. The lowest BCUT2D eigenvalue weighted by Gasteiger charge is -2.35. The van der Waals surface area contributed by atoms with Crippen LogP contribution in [0.3, 0.4) is 0 Å². The van der Waals surface area contributed by atoms with Gasteiger partial charge in [0.1, 0.15) is 0 Å². The van der Waals surface area contributed by atoms with Gasteiger partial charge in [0.25, 0.3) is 0 Å². The Kier molecular flexibility index (Phi) is 3.65. The molecule has 2 fully saturated rings. The average Bonchev–Trinajstić information content (AvgIpc) is 3.23. The fourth-order valence-electron chi connectivity index (χ4n) is 2.89. The van der Waals surface area contributed by atoms with Crippen LogP contribution in [0, 0.1) is 0 Å². The second-order valence-corrected chi connectivity index (χ2v) is 6.14. The topological polar surface area (TPSA) is 18.5 Å². The predicted molar refractivity (Wildman–Crippen MR) is 82.2 cm³/mol. The number of hydrogen-bond acceptors (Lipinski definition) is 3. The molecule has 1 N–H and O–H groups in total. The molecule has 1 aromatic carbocycles. The molecule has 1 heterocycles. The molecule has 0 radical (unpaired) electrons. The molecule has 1 unspecified atom stereocenters. The summed E-state index contributed by atoms with van der Waals surface area (Å²) in [6.45, 7) is 2.36. The summed E-state index contributed by atoms with van der Waals surface area (Å²) >= 11 is 0. The van der Waals surface area contributed by atoms with Gasteiger partial charge in [0.2, 0.25) is 0 Å². The maximum atomic E-state index is 3.77.